The molecule has 2 N–H and O–H groups in total. The molecule has 0 fully saturated rings. The summed E-state index contributed by atoms with van der Waals surface area (Å²) in [6, 6.07) is 8.12. The second-order valence-corrected chi connectivity index (χ2v) is 4.55. The predicted octanol–water partition coefficient (Wildman–Crippen LogP) is 2.52. The summed E-state index contributed by atoms with van der Waals surface area (Å²) in [7, 11) is 0. The fourth-order valence-corrected chi connectivity index (χ4v) is 1.79. The molecule has 0 spiro atoms. The first-order valence-corrected chi connectivity index (χ1v) is 6.84. The van der Waals surface area contributed by atoms with Crippen molar-refractivity contribution in [2.24, 2.45) is 0 Å². The smallest absolute Gasteiger partial charge is 0.119 e. The van der Waals surface area contributed by atoms with Gasteiger partial charge in [0.15, 0.2) is 0 Å². The van der Waals surface area contributed by atoms with E-state index in [2.05, 4.69) is 24.4 Å². The second kappa shape index (κ2) is 9.92. The summed E-state index contributed by atoms with van der Waals surface area (Å²) in [5.74, 6) is 0.944. The van der Waals surface area contributed by atoms with Crippen LogP contribution in [0, 0.1) is 6.92 Å². The molecule has 0 saturated carbocycles. The van der Waals surface area contributed by atoms with E-state index >= 15 is 0 Å². The molecule has 0 heterocycles. The van der Waals surface area contributed by atoms with Crippen LogP contribution >= 0.6 is 0 Å². The van der Waals surface area contributed by atoms with Crippen LogP contribution in [0.5, 0.6) is 5.75 Å². The Morgan fingerprint density at radius 3 is 2.72 bits per heavy atom. The normalized spacial score (nSPS) is 10.6. The fraction of sp³-hybridized carbons (Fsp3) is 0.600. The number of benzene rings is 1. The first-order valence-electron chi connectivity index (χ1n) is 6.84. The first kappa shape index (κ1) is 15.0. The summed E-state index contributed by atoms with van der Waals surface area (Å²) < 4.78 is 5.64. The SMILES string of the molecule is Cc1cccc(OCCNCCCCCCO)c1. The standard InChI is InChI=1S/C15H25NO2/c1-14-7-6-8-15(13-14)18-12-10-16-9-4-2-3-5-11-17/h6-8,13,16-17H,2-5,9-12H2,1H3. The number of ether oxygens (including phenoxy) is 1. The Hall–Kier alpha value is -1.06. The topological polar surface area (TPSA) is 41.5 Å². The Labute approximate surface area is 110 Å². The first-order chi connectivity index (χ1) is 8.83. The zero-order valence-electron chi connectivity index (χ0n) is 11.3. The van der Waals surface area contributed by atoms with Crippen LogP contribution in [-0.4, -0.2) is 31.4 Å². The van der Waals surface area contributed by atoms with Crippen LogP contribution in [0.15, 0.2) is 24.3 Å². The maximum Gasteiger partial charge on any atom is 0.119 e. The van der Waals surface area contributed by atoms with Crippen molar-refractivity contribution in [3.8, 4) is 5.75 Å². The summed E-state index contributed by atoms with van der Waals surface area (Å²) in [6.07, 6.45) is 4.41. The van der Waals surface area contributed by atoms with Gasteiger partial charge in [-0.15, -0.1) is 0 Å². The molecule has 0 atom stereocenters. The zero-order chi connectivity index (χ0) is 13.1. The number of hydrogen-bond donors (Lipinski definition) is 2. The number of nitrogens with one attached hydrogen (secondary N) is 1. The molecule has 0 aliphatic heterocycles. The van der Waals surface area contributed by atoms with Crippen molar-refractivity contribution in [1.82, 2.24) is 5.32 Å². The molecule has 0 aromatic heterocycles. The van der Waals surface area contributed by atoms with Crippen molar-refractivity contribution in [2.45, 2.75) is 32.6 Å². The van der Waals surface area contributed by atoms with Gasteiger partial charge in [-0.1, -0.05) is 25.0 Å². The Morgan fingerprint density at radius 2 is 1.94 bits per heavy atom. The highest BCUT2D eigenvalue weighted by atomic mass is 16.5. The Bertz CT molecular complexity index is 315. The lowest BCUT2D eigenvalue weighted by Gasteiger charge is -2.08. The highest BCUT2D eigenvalue weighted by molar-refractivity contribution is 5.27. The predicted molar refractivity (Wildman–Crippen MR) is 75.1 cm³/mol. The molecule has 1 rings (SSSR count). The van der Waals surface area contributed by atoms with Gasteiger partial charge in [-0.3, -0.25) is 0 Å². The van der Waals surface area contributed by atoms with Gasteiger partial charge in [0.05, 0.1) is 0 Å². The van der Waals surface area contributed by atoms with Gasteiger partial charge in [-0.25, -0.2) is 0 Å². The molecule has 0 aliphatic carbocycles. The van der Waals surface area contributed by atoms with E-state index in [1.165, 1.54) is 18.4 Å². The lowest BCUT2D eigenvalue weighted by Crippen LogP contribution is -2.22. The minimum atomic E-state index is 0.317. The number of rotatable bonds is 10. The Kier molecular flexibility index (Phi) is 8.26. The third kappa shape index (κ3) is 7.30. The van der Waals surface area contributed by atoms with Gasteiger partial charge in [0, 0.05) is 13.2 Å². The minimum absolute atomic E-state index is 0.317. The molecule has 1 aromatic rings. The average molecular weight is 251 g/mol. The van der Waals surface area contributed by atoms with Gasteiger partial charge in [-0.2, -0.15) is 0 Å². The maximum atomic E-state index is 8.63. The van der Waals surface area contributed by atoms with Crippen LogP contribution in [0.25, 0.3) is 0 Å². The van der Waals surface area contributed by atoms with Gasteiger partial charge in [0.25, 0.3) is 0 Å². The summed E-state index contributed by atoms with van der Waals surface area (Å²) >= 11 is 0. The van der Waals surface area contributed by atoms with Crippen LogP contribution in [0.4, 0.5) is 0 Å². The van der Waals surface area contributed by atoms with Gasteiger partial charge < -0.3 is 15.2 Å². The van der Waals surface area contributed by atoms with Crippen molar-refractivity contribution in [1.29, 1.82) is 0 Å². The number of aliphatic hydroxyl groups excluding tert-OH is 1. The highest BCUT2D eigenvalue weighted by Gasteiger charge is 1.94. The molecule has 0 amide bonds. The molecule has 0 radical (unpaired) electrons. The minimum Gasteiger partial charge on any atom is -0.492 e. The zero-order valence-corrected chi connectivity index (χ0v) is 11.3. The molecule has 1 aromatic carbocycles. The quantitative estimate of drug-likeness (QED) is 0.628. The number of aliphatic hydroxyl groups is 1. The van der Waals surface area contributed by atoms with E-state index < -0.39 is 0 Å². The van der Waals surface area contributed by atoms with Crippen LogP contribution in [0.2, 0.25) is 0 Å². The molecular formula is C15H25NO2. The molecule has 0 bridgehead atoms. The van der Waals surface area contributed by atoms with E-state index in [-0.39, 0.29) is 0 Å². The van der Waals surface area contributed by atoms with Crippen molar-refractivity contribution in [2.75, 3.05) is 26.3 Å². The molecular weight excluding hydrogens is 226 g/mol. The number of unbranched alkanes of at least 4 members (excludes halogenated alkanes) is 3. The van der Waals surface area contributed by atoms with Crippen molar-refractivity contribution in [3.05, 3.63) is 29.8 Å². The number of aryl methyl sites for hydroxylation is 1. The number of hydrogen-bond acceptors (Lipinski definition) is 3. The maximum absolute atomic E-state index is 8.63. The average Bonchev–Trinajstić information content (AvgIpc) is 2.37. The molecule has 3 heteroatoms. The van der Waals surface area contributed by atoms with Gasteiger partial charge in [0.1, 0.15) is 12.4 Å². The van der Waals surface area contributed by atoms with E-state index in [0.717, 1.165) is 31.7 Å². The van der Waals surface area contributed by atoms with E-state index in [9.17, 15) is 0 Å². The van der Waals surface area contributed by atoms with E-state index in [1.54, 1.807) is 0 Å². The van der Waals surface area contributed by atoms with Crippen molar-refractivity contribution in [3.63, 3.8) is 0 Å². The van der Waals surface area contributed by atoms with E-state index in [4.69, 9.17) is 9.84 Å². The third-order valence-corrected chi connectivity index (χ3v) is 2.80. The molecule has 0 saturated heterocycles. The van der Waals surface area contributed by atoms with Gasteiger partial charge in [-0.05, 0) is 44.0 Å². The summed E-state index contributed by atoms with van der Waals surface area (Å²) in [5.41, 5.74) is 1.23. The van der Waals surface area contributed by atoms with Crippen molar-refractivity contribution < 1.29 is 9.84 Å². The lowest BCUT2D eigenvalue weighted by molar-refractivity contribution is 0.282. The molecule has 0 unspecified atom stereocenters. The summed E-state index contributed by atoms with van der Waals surface area (Å²) in [5, 5.41) is 12.0. The van der Waals surface area contributed by atoms with Crippen LogP contribution in [-0.2, 0) is 0 Å². The third-order valence-electron chi connectivity index (χ3n) is 2.80. The largest absolute Gasteiger partial charge is 0.492 e. The molecule has 3 nitrogen and oxygen atoms in total. The molecule has 0 aliphatic rings. The van der Waals surface area contributed by atoms with E-state index in [1.807, 2.05) is 12.1 Å². The van der Waals surface area contributed by atoms with E-state index in [0.29, 0.717) is 13.2 Å². The summed E-state index contributed by atoms with van der Waals surface area (Å²) in [4.78, 5) is 0. The lowest BCUT2D eigenvalue weighted by atomic mass is 10.2. The van der Waals surface area contributed by atoms with Crippen molar-refractivity contribution >= 4 is 0 Å². The van der Waals surface area contributed by atoms with Crippen LogP contribution in [0.3, 0.4) is 0 Å². The highest BCUT2D eigenvalue weighted by Crippen LogP contribution is 2.11. The Balaban J connectivity index is 1.92. The second-order valence-electron chi connectivity index (χ2n) is 4.55. The Morgan fingerprint density at radius 1 is 1.11 bits per heavy atom. The molecule has 18 heavy (non-hydrogen) atoms. The fourth-order valence-electron chi connectivity index (χ4n) is 1.79. The van der Waals surface area contributed by atoms with Crippen LogP contribution in [0.1, 0.15) is 31.2 Å². The summed E-state index contributed by atoms with van der Waals surface area (Å²) in [6.45, 7) is 5.01. The van der Waals surface area contributed by atoms with Crippen LogP contribution < -0.4 is 10.1 Å². The van der Waals surface area contributed by atoms with Gasteiger partial charge in [0.2, 0.25) is 0 Å². The monoisotopic (exact) mass is 251 g/mol. The molecule has 102 valence electrons. The van der Waals surface area contributed by atoms with Gasteiger partial charge >= 0.3 is 0 Å².